The fraction of sp³-hybridized carbons (Fsp3) is 0.120. The van der Waals surface area contributed by atoms with Crippen LogP contribution in [0.2, 0.25) is 0 Å². The Hall–Kier alpha value is -4.44. The molecular formula is C25H20N2O5. The van der Waals surface area contributed by atoms with Crippen molar-refractivity contribution in [2.45, 2.75) is 5.92 Å². The minimum atomic E-state index is -0.564. The van der Waals surface area contributed by atoms with Crippen molar-refractivity contribution in [3.63, 3.8) is 0 Å². The van der Waals surface area contributed by atoms with Gasteiger partial charge in [-0.05, 0) is 35.9 Å². The third-order valence-corrected chi connectivity index (χ3v) is 5.18. The van der Waals surface area contributed by atoms with E-state index in [-0.39, 0.29) is 11.6 Å². The van der Waals surface area contributed by atoms with E-state index in [9.17, 15) is 10.1 Å². The van der Waals surface area contributed by atoms with Gasteiger partial charge in [-0.3, -0.25) is 0 Å². The first kappa shape index (κ1) is 20.8. The molecule has 0 saturated carbocycles. The van der Waals surface area contributed by atoms with Crippen LogP contribution in [-0.2, 0) is 0 Å². The highest BCUT2D eigenvalue weighted by Gasteiger charge is 2.31. The number of nitrogens with two attached hydrogens (primary N) is 1. The summed E-state index contributed by atoms with van der Waals surface area (Å²) in [5, 5.41) is 9.69. The Kier molecular flexibility index (Phi) is 5.69. The van der Waals surface area contributed by atoms with Crippen molar-refractivity contribution in [3.05, 3.63) is 94.9 Å². The van der Waals surface area contributed by atoms with E-state index < -0.39 is 11.9 Å². The van der Waals surface area contributed by atoms with Crippen LogP contribution in [0.25, 0.3) is 0 Å². The molecule has 0 radical (unpaired) electrons. The Balaban J connectivity index is 1.68. The van der Waals surface area contributed by atoms with Gasteiger partial charge in [-0.15, -0.1) is 0 Å². The number of methoxy groups -OCH3 is 2. The number of allylic oxidation sites excluding steroid dienone is 1. The summed E-state index contributed by atoms with van der Waals surface area (Å²) in [5.41, 5.74) is 8.25. The Morgan fingerprint density at radius 1 is 1.00 bits per heavy atom. The molecule has 7 nitrogen and oxygen atoms in total. The second-order valence-corrected chi connectivity index (χ2v) is 6.99. The minimum Gasteiger partial charge on any atom is -0.497 e. The van der Waals surface area contributed by atoms with Crippen LogP contribution in [0.4, 0.5) is 0 Å². The Bertz CT molecular complexity index is 1240. The Morgan fingerprint density at radius 3 is 2.41 bits per heavy atom. The van der Waals surface area contributed by atoms with Gasteiger partial charge in [-0.2, -0.15) is 5.26 Å². The van der Waals surface area contributed by atoms with Gasteiger partial charge >= 0.3 is 5.97 Å². The molecule has 7 heteroatoms. The minimum absolute atomic E-state index is 0.00835. The molecule has 1 atom stereocenters. The Morgan fingerprint density at radius 2 is 1.72 bits per heavy atom. The molecule has 1 heterocycles. The molecule has 0 bridgehead atoms. The number of nitrogens with zero attached hydrogens (tertiary/aromatic N) is 1. The highest BCUT2D eigenvalue weighted by Crippen LogP contribution is 2.43. The average Bonchev–Trinajstić information content (AvgIpc) is 2.83. The number of carbonyl (C=O) groups is 1. The predicted octanol–water partition coefficient (Wildman–Crippen LogP) is 4.14. The van der Waals surface area contributed by atoms with Crippen molar-refractivity contribution < 1.29 is 23.7 Å². The van der Waals surface area contributed by atoms with Crippen LogP contribution in [0.1, 0.15) is 27.4 Å². The lowest BCUT2D eigenvalue weighted by Gasteiger charge is -2.26. The zero-order valence-corrected chi connectivity index (χ0v) is 17.5. The summed E-state index contributed by atoms with van der Waals surface area (Å²) < 4.78 is 21.7. The van der Waals surface area contributed by atoms with Gasteiger partial charge < -0.3 is 24.7 Å². The third-order valence-electron chi connectivity index (χ3n) is 5.18. The van der Waals surface area contributed by atoms with Crippen LogP contribution in [-0.4, -0.2) is 20.2 Å². The molecule has 0 unspecified atom stereocenters. The van der Waals surface area contributed by atoms with E-state index in [1.54, 1.807) is 49.6 Å². The maximum atomic E-state index is 12.6. The van der Waals surface area contributed by atoms with Crippen molar-refractivity contribution in [1.29, 1.82) is 5.26 Å². The average molecular weight is 428 g/mol. The second kappa shape index (κ2) is 8.74. The van der Waals surface area contributed by atoms with Gasteiger partial charge in [0, 0.05) is 11.6 Å². The summed E-state index contributed by atoms with van der Waals surface area (Å²) in [6.45, 7) is 0. The molecule has 0 aliphatic carbocycles. The van der Waals surface area contributed by atoms with E-state index in [1.807, 2.05) is 24.3 Å². The molecule has 1 aliphatic rings. The maximum absolute atomic E-state index is 12.6. The van der Waals surface area contributed by atoms with Gasteiger partial charge in [0.25, 0.3) is 0 Å². The summed E-state index contributed by atoms with van der Waals surface area (Å²) in [6, 6.07) is 21.3. The molecule has 3 aromatic rings. The summed E-state index contributed by atoms with van der Waals surface area (Å²) in [4.78, 5) is 12.6. The van der Waals surface area contributed by atoms with Crippen LogP contribution < -0.4 is 24.7 Å². The zero-order valence-electron chi connectivity index (χ0n) is 17.5. The largest absolute Gasteiger partial charge is 0.497 e. The van der Waals surface area contributed by atoms with E-state index in [1.165, 1.54) is 7.11 Å². The molecule has 0 saturated heterocycles. The second-order valence-electron chi connectivity index (χ2n) is 6.99. The summed E-state index contributed by atoms with van der Waals surface area (Å²) in [6.07, 6.45) is 0. The number of carbonyl (C=O) groups excluding carboxylic acids is 1. The molecule has 4 rings (SSSR count). The molecular weight excluding hydrogens is 408 g/mol. The molecule has 0 amide bonds. The molecule has 2 N–H and O–H groups in total. The first-order chi connectivity index (χ1) is 15.5. The van der Waals surface area contributed by atoms with Gasteiger partial charge in [0.05, 0.1) is 20.1 Å². The highest BCUT2D eigenvalue weighted by atomic mass is 16.5. The first-order valence-corrected chi connectivity index (χ1v) is 9.76. The van der Waals surface area contributed by atoms with Gasteiger partial charge in [0.1, 0.15) is 40.2 Å². The maximum Gasteiger partial charge on any atom is 0.347 e. The number of rotatable bonds is 5. The molecule has 3 aromatic carbocycles. The van der Waals surface area contributed by atoms with Crippen molar-refractivity contribution in [2.75, 3.05) is 14.2 Å². The van der Waals surface area contributed by atoms with Gasteiger partial charge in [0.15, 0.2) is 0 Å². The predicted molar refractivity (Wildman–Crippen MR) is 117 cm³/mol. The lowest BCUT2D eigenvalue weighted by molar-refractivity contribution is 0.0731. The molecule has 0 aromatic heterocycles. The summed E-state index contributed by atoms with van der Waals surface area (Å²) >= 11 is 0. The zero-order chi connectivity index (χ0) is 22.7. The number of ether oxygens (including phenoxy) is 4. The van der Waals surface area contributed by atoms with Crippen molar-refractivity contribution >= 4 is 5.97 Å². The van der Waals surface area contributed by atoms with Crippen LogP contribution in [0, 0.1) is 11.3 Å². The smallest absolute Gasteiger partial charge is 0.347 e. The third kappa shape index (κ3) is 3.82. The van der Waals surface area contributed by atoms with E-state index >= 15 is 0 Å². The van der Waals surface area contributed by atoms with Crippen LogP contribution >= 0.6 is 0 Å². The quantitative estimate of drug-likeness (QED) is 0.481. The monoisotopic (exact) mass is 428 g/mol. The fourth-order valence-corrected chi connectivity index (χ4v) is 3.61. The van der Waals surface area contributed by atoms with Gasteiger partial charge in [0.2, 0.25) is 5.88 Å². The topological polar surface area (TPSA) is 104 Å². The molecule has 0 fully saturated rings. The van der Waals surface area contributed by atoms with Crippen molar-refractivity contribution in [3.8, 4) is 29.1 Å². The summed E-state index contributed by atoms with van der Waals surface area (Å²) in [7, 11) is 3.07. The van der Waals surface area contributed by atoms with Crippen molar-refractivity contribution in [2.24, 2.45) is 5.73 Å². The number of hydrogen-bond acceptors (Lipinski definition) is 7. The van der Waals surface area contributed by atoms with E-state index in [0.717, 1.165) is 11.1 Å². The molecule has 0 spiro atoms. The number of benzene rings is 3. The van der Waals surface area contributed by atoms with Crippen LogP contribution in [0.5, 0.6) is 23.0 Å². The number of fused-ring (bicyclic) bond motifs is 1. The van der Waals surface area contributed by atoms with Crippen LogP contribution in [0.3, 0.4) is 0 Å². The normalized spacial score (nSPS) is 14.6. The number of esters is 1. The Labute approximate surface area is 185 Å². The van der Waals surface area contributed by atoms with Crippen molar-refractivity contribution in [1.82, 2.24) is 0 Å². The van der Waals surface area contributed by atoms with Gasteiger partial charge in [-0.25, -0.2) is 4.79 Å². The number of nitriles is 1. The van der Waals surface area contributed by atoms with E-state index in [4.69, 9.17) is 24.7 Å². The SMILES string of the molecule is COc1ccc([C@@H]2C(C#N)=C(N)Oc3cc(OC(=O)c4ccccc4OC)ccc32)cc1. The molecule has 1 aliphatic heterocycles. The number of para-hydroxylation sites is 1. The molecule has 32 heavy (non-hydrogen) atoms. The highest BCUT2D eigenvalue weighted by molar-refractivity contribution is 5.94. The van der Waals surface area contributed by atoms with E-state index in [0.29, 0.717) is 28.4 Å². The standard InChI is InChI=1S/C25H20N2O5/c1-29-16-9-7-15(8-10-16)23-18-12-11-17(13-22(18)32-24(27)20(23)14-26)31-25(28)19-5-3-4-6-21(19)30-2/h3-13,23H,27H2,1-2H3/t23-/m0/s1. The van der Waals surface area contributed by atoms with Crippen LogP contribution in [0.15, 0.2) is 78.2 Å². The fourth-order valence-electron chi connectivity index (χ4n) is 3.61. The first-order valence-electron chi connectivity index (χ1n) is 9.76. The van der Waals surface area contributed by atoms with Gasteiger partial charge in [-0.1, -0.05) is 30.3 Å². The number of hydrogen-bond donors (Lipinski definition) is 1. The van der Waals surface area contributed by atoms with E-state index in [2.05, 4.69) is 6.07 Å². The lowest BCUT2D eigenvalue weighted by Crippen LogP contribution is -2.21. The lowest BCUT2D eigenvalue weighted by atomic mass is 9.83. The summed E-state index contributed by atoms with van der Waals surface area (Å²) in [5.74, 6) is 0.829. The molecule has 160 valence electrons.